The zero-order valence-electron chi connectivity index (χ0n) is 8.12. The van der Waals surface area contributed by atoms with Gasteiger partial charge >= 0.3 is 0 Å². The van der Waals surface area contributed by atoms with Crippen LogP contribution in [0.2, 0.25) is 0 Å². The predicted molar refractivity (Wildman–Crippen MR) is 50.0 cm³/mol. The van der Waals surface area contributed by atoms with E-state index in [4.69, 9.17) is 13.9 Å². The molecule has 1 unspecified atom stereocenters. The Kier molecular flexibility index (Phi) is 4.41. The number of carbonyl (C=O) groups is 1. The Morgan fingerprint density at radius 2 is 2.38 bits per heavy atom. The Morgan fingerprint density at radius 1 is 1.69 bits per heavy atom. The summed E-state index contributed by atoms with van der Waals surface area (Å²) in [5.41, 5.74) is 0. The van der Waals surface area contributed by atoms with Crippen LogP contribution >= 0.6 is 0 Å². The van der Waals surface area contributed by atoms with Crippen LogP contribution in [-0.4, -0.2) is 41.3 Å². The van der Waals surface area contributed by atoms with Crippen molar-refractivity contribution in [2.24, 2.45) is 5.92 Å². The Morgan fingerprint density at radius 3 is 2.92 bits per heavy atom. The van der Waals surface area contributed by atoms with E-state index in [2.05, 4.69) is 0 Å². The van der Waals surface area contributed by atoms with Gasteiger partial charge in [0, 0.05) is 5.92 Å². The monoisotopic (exact) mass is 204 g/mol. The molecule has 0 aliphatic carbocycles. The van der Waals surface area contributed by atoms with E-state index in [1.54, 1.807) is 0 Å². The Labute approximate surface area is 80.5 Å². The van der Waals surface area contributed by atoms with Gasteiger partial charge in [0.05, 0.1) is 19.4 Å². The molecule has 5 heteroatoms. The van der Waals surface area contributed by atoms with Gasteiger partial charge in [0.15, 0.2) is 0 Å². The van der Waals surface area contributed by atoms with Crippen LogP contribution in [0.1, 0.15) is 13.8 Å². The molecule has 13 heavy (non-hydrogen) atoms. The van der Waals surface area contributed by atoms with E-state index in [-0.39, 0.29) is 11.9 Å². The highest BCUT2D eigenvalue weighted by molar-refractivity contribution is 6.30. The van der Waals surface area contributed by atoms with Crippen LogP contribution in [0, 0.1) is 5.92 Å². The van der Waals surface area contributed by atoms with Gasteiger partial charge in [-0.3, -0.25) is 4.79 Å². The molecule has 0 amide bonds. The van der Waals surface area contributed by atoms with E-state index in [0.717, 1.165) is 6.61 Å². The van der Waals surface area contributed by atoms with Crippen molar-refractivity contribution in [3.8, 4) is 0 Å². The largest absolute Gasteiger partial charge is 0.522 e. The fourth-order valence-electron chi connectivity index (χ4n) is 0.747. The van der Waals surface area contributed by atoms with E-state index in [9.17, 15) is 4.79 Å². The molecular weight excluding hydrogens is 188 g/mol. The molecule has 1 heterocycles. The number of epoxide rings is 1. The highest BCUT2D eigenvalue weighted by Crippen LogP contribution is 2.07. The van der Waals surface area contributed by atoms with E-state index < -0.39 is 9.76 Å². The van der Waals surface area contributed by atoms with Gasteiger partial charge in [-0.2, -0.15) is 0 Å². The maximum atomic E-state index is 11.0. The molecular formula is C8H16O4Si. The first-order chi connectivity index (χ1) is 6.20. The SMILES string of the molecule is CC(C)C(=O)O[SiH2]COCC1CO1. The highest BCUT2D eigenvalue weighted by Gasteiger charge is 2.22. The summed E-state index contributed by atoms with van der Waals surface area (Å²) in [6, 6.07) is 0. The number of hydrogen-bond donors (Lipinski definition) is 0. The first kappa shape index (κ1) is 10.7. The van der Waals surface area contributed by atoms with Crippen LogP contribution in [0.5, 0.6) is 0 Å². The molecule has 4 nitrogen and oxygen atoms in total. The number of ether oxygens (including phenoxy) is 2. The van der Waals surface area contributed by atoms with Crippen molar-refractivity contribution < 1.29 is 18.7 Å². The van der Waals surface area contributed by atoms with Gasteiger partial charge in [-0.1, -0.05) is 13.8 Å². The minimum Gasteiger partial charge on any atom is -0.522 e. The lowest BCUT2D eigenvalue weighted by Gasteiger charge is -2.06. The second kappa shape index (κ2) is 5.36. The van der Waals surface area contributed by atoms with Crippen molar-refractivity contribution in [3.05, 3.63) is 0 Å². The molecule has 1 atom stereocenters. The van der Waals surface area contributed by atoms with E-state index in [1.807, 2.05) is 13.8 Å². The summed E-state index contributed by atoms with van der Waals surface area (Å²) in [6.07, 6.45) is 0.896. The maximum absolute atomic E-state index is 11.0. The van der Waals surface area contributed by atoms with Crippen LogP contribution in [0.15, 0.2) is 0 Å². The average molecular weight is 204 g/mol. The quantitative estimate of drug-likeness (QED) is 0.337. The molecule has 0 radical (unpaired) electrons. The summed E-state index contributed by atoms with van der Waals surface area (Å²) in [7, 11) is -0.821. The van der Waals surface area contributed by atoms with E-state index in [1.165, 1.54) is 0 Å². The normalized spacial score (nSPS) is 21.3. The molecule has 0 aromatic rings. The third-order valence-corrected chi connectivity index (χ3v) is 2.59. The van der Waals surface area contributed by atoms with Gasteiger partial charge < -0.3 is 13.9 Å². The first-order valence-electron chi connectivity index (χ1n) is 4.56. The van der Waals surface area contributed by atoms with Crippen molar-refractivity contribution in [1.82, 2.24) is 0 Å². The fourth-order valence-corrected chi connectivity index (χ4v) is 1.65. The summed E-state index contributed by atoms with van der Waals surface area (Å²) >= 11 is 0. The van der Waals surface area contributed by atoms with Crippen molar-refractivity contribution in [1.29, 1.82) is 0 Å². The molecule has 1 aliphatic heterocycles. The number of rotatable bonds is 6. The molecule has 76 valence electrons. The molecule has 0 N–H and O–H groups in total. The topological polar surface area (TPSA) is 48.1 Å². The van der Waals surface area contributed by atoms with Crippen LogP contribution in [0.25, 0.3) is 0 Å². The second-order valence-corrected chi connectivity index (χ2v) is 4.46. The van der Waals surface area contributed by atoms with Gasteiger partial charge in [-0.05, 0) is 0 Å². The molecule has 0 bridgehead atoms. The summed E-state index contributed by atoms with van der Waals surface area (Å²) in [5, 5.41) is 0. The molecule has 1 aliphatic rings. The number of carbonyl (C=O) groups excluding carboxylic acids is 1. The maximum Gasteiger partial charge on any atom is 0.294 e. The minimum absolute atomic E-state index is 0.0285. The summed E-state index contributed by atoms with van der Waals surface area (Å²) < 4.78 is 15.2. The van der Waals surface area contributed by atoms with Gasteiger partial charge in [0.25, 0.3) is 5.97 Å². The molecule has 0 aromatic heterocycles. The Balaban J connectivity index is 1.85. The van der Waals surface area contributed by atoms with Crippen LogP contribution < -0.4 is 0 Å². The van der Waals surface area contributed by atoms with E-state index >= 15 is 0 Å². The second-order valence-electron chi connectivity index (χ2n) is 3.35. The summed E-state index contributed by atoms with van der Waals surface area (Å²) in [5.74, 6) is -0.141. The lowest BCUT2D eigenvalue weighted by Crippen LogP contribution is -2.19. The molecule has 1 rings (SSSR count). The first-order valence-corrected chi connectivity index (χ1v) is 6.14. The highest BCUT2D eigenvalue weighted by atomic mass is 28.2. The lowest BCUT2D eigenvalue weighted by atomic mass is 10.2. The van der Waals surface area contributed by atoms with Crippen LogP contribution in [-0.2, 0) is 18.7 Å². The van der Waals surface area contributed by atoms with Crippen LogP contribution in [0.3, 0.4) is 0 Å². The van der Waals surface area contributed by atoms with Gasteiger partial charge in [-0.15, -0.1) is 0 Å². The zero-order valence-corrected chi connectivity index (χ0v) is 9.53. The fraction of sp³-hybridized carbons (Fsp3) is 0.875. The molecule has 0 aromatic carbocycles. The zero-order chi connectivity index (χ0) is 9.68. The van der Waals surface area contributed by atoms with Gasteiger partial charge in [-0.25, -0.2) is 0 Å². The van der Waals surface area contributed by atoms with Crippen molar-refractivity contribution >= 4 is 15.7 Å². The summed E-state index contributed by atoms with van der Waals surface area (Å²) in [4.78, 5) is 11.0. The standard InChI is InChI=1S/C8H16O4Si/c1-6(2)8(9)12-13-5-10-3-7-4-11-7/h6-7H,3-5,13H2,1-2H3. The smallest absolute Gasteiger partial charge is 0.294 e. The van der Waals surface area contributed by atoms with Crippen LogP contribution in [0.4, 0.5) is 0 Å². The predicted octanol–water partition coefficient (Wildman–Crippen LogP) is -0.358. The molecule has 1 saturated heterocycles. The lowest BCUT2D eigenvalue weighted by molar-refractivity contribution is -0.138. The Bertz CT molecular complexity index is 168. The summed E-state index contributed by atoms with van der Waals surface area (Å²) in [6.45, 7) is 5.12. The van der Waals surface area contributed by atoms with E-state index in [0.29, 0.717) is 18.9 Å². The Hall–Kier alpha value is -0.393. The molecule has 0 saturated carbocycles. The van der Waals surface area contributed by atoms with Gasteiger partial charge in [0.2, 0.25) is 9.76 Å². The van der Waals surface area contributed by atoms with Crippen molar-refractivity contribution in [3.63, 3.8) is 0 Å². The molecule has 1 fully saturated rings. The van der Waals surface area contributed by atoms with Gasteiger partial charge in [0.1, 0.15) is 6.10 Å². The van der Waals surface area contributed by atoms with Crippen molar-refractivity contribution in [2.75, 3.05) is 19.4 Å². The third kappa shape index (κ3) is 5.02. The molecule has 0 spiro atoms. The average Bonchev–Trinajstić information content (AvgIpc) is 2.87. The minimum atomic E-state index is -0.821. The van der Waals surface area contributed by atoms with Crippen molar-refractivity contribution in [2.45, 2.75) is 20.0 Å². The number of hydrogen-bond acceptors (Lipinski definition) is 4. The third-order valence-electron chi connectivity index (χ3n) is 1.65.